The van der Waals surface area contributed by atoms with Gasteiger partial charge in [-0.1, -0.05) is 12.1 Å². The smallest absolute Gasteiger partial charge is 0.230 e. The van der Waals surface area contributed by atoms with E-state index >= 15 is 0 Å². The summed E-state index contributed by atoms with van der Waals surface area (Å²) in [6.07, 6.45) is 6.67. The Morgan fingerprint density at radius 3 is 2.26 bits per heavy atom. The molecular formula is C20H27NO2. The number of amides is 1. The average molecular weight is 313 g/mol. The van der Waals surface area contributed by atoms with Crippen molar-refractivity contribution in [2.45, 2.75) is 57.4 Å². The third kappa shape index (κ3) is 2.54. The maximum Gasteiger partial charge on any atom is 0.230 e. The molecule has 4 saturated carbocycles. The first-order valence-electron chi connectivity index (χ1n) is 9.04. The zero-order valence-corrected chi connectivity index (χ0v) is 14.1. The second-order valence-electron chi connectivity index (χ2n) is 8.61. The molecule has 5 rings (SSSR count). The molecule has 0 spiro atoms. The summed E-state index contributed by atoms with van der Waals surface area (Å²) in [5.41, 5.74) is 0.256. The van der Waals surface area contributed by atoms with Crippen molar-refractivity contribution in [1.29, 1.82) is 0 Å². The summed E-state index contributed by atoms with van der Waals surface area (Å²) in [5, 5.41) is 13.1. The van der Waals surface area contributed by atoms with Gasteiger partial charge in [-0.3, -0.25) is 4.79 Å². The number of hydrogen-bond donors (Lipinski definition) is 2. The van der Waals surface area contributed by atoms with Crippen molar-refractivity contribution >= 4 is 5.91 Å². The fourth-order valence-corrected chi connectivity index (χ4v) is 5.52. The molecule has 1 aromatic rings. The molecule has 4 aliphatic rings. The molecule has 0 heterocycles. The summed E-state index contributed by atoms with van der Waals surface area (Å²) in [7, 11) is 0. The van der Waals surface area contributed by atoms with Gasteiger partial charge in [0.15, 0.2) is 0 Å². The molecule has 2 N–H and O–H groups in total. The van der Waals surface area contributed by atoms with Crippen LogP contribution < -0.4 is 5.32 Å². The van der Waals surface area contributed by atoms with Gasteiger partial charge in [-0.05, 0) is 87.3 Å². The van der Waals surface area contributed by atoms with Crippen LogP contribution in [0.3, 0.4) is 0 Å². The Morgan fingerprint density at radius 2 is 1.70 bits per heavy atom. The molecule has 0 saturated heterocycles. The van der Waals surface area contributed by atoms with Gasteiger partial charge in [0.1, 0.15) is 5.75 Å². The first-order valence-corrected chi connectivity index (χ1v) is 9.04. The molecule has 0 radical (unpaired) electrons. The summed E-state index contributed by atoms with van der Waals surface area (Å²) < 4.78 is 0. The van der Waals surface area contributed by atoms with Gasteiger partial charge < -0.3 is 10.4 Å². The highest BCUT2D eigenvalue weighted by atomic mass is 16.3. The van der Waals surface area contributed by atoms with Crippen LogP contribution in [0.4, 0.5) is 0 Å². The zero-order valence-electron chi connectivity index (χ0n) is 14.1. The van der Waals surface area contributed by atoms with Gasteiger partial charge in [0, 0.05) is 6.04 Å². The van der Waals surface area contributed by atoms with Crippen LogP contribution in [0.25, 0.3) is 0 Å². The van der Waals surface area contributed by atoms with Crippen LogP contribution in [0.15, 0.2) is 24.3 Å². The molecule has 3 heteroatoms. The van der Waals surface area contributed by atoms with Crippen molar-refractivity contribution in [2.75, 3.05) is 0 Å². The maximum atomic E-state index is 13.0. The van der Waals surface area contributed by atoms with E-state index in [9.17, 15) is 9.90 Å². The van der Waals surface area contributed by atoms with Gasteiger partial charge in [-0.25, -0.2) is 0 Å². The molecule has 4 aliphatic carbocycles. The van der Waals surface area contributed by atoms with E-state index in [0.717, 1.165) is 17.4 Å². The minimum absolute atomic E-state index is 0.0978. The van der Waals surface area contributed by atoms with Crippen molar-refractivity contribution in [3.8, 4) is 5.75 Å². The molecule has 0 atom stereocenters. The summed E-state index contributed by atoms with van der Waals surface area (Å²) in [4.78, 5) is 13.0. The standard InChI is InChI=1S/C20H27NO2/c1-20(2,16-4-3-5-17(22)11-16)19(23)21-18-14-7-12-6-13(9-14)10-15(18)8-12/h3-5,11-15,18,22H,6-10H2,1-2H3,(H,21,23). The molecule has 0 unspecified atom stereocenters. The van der Waals surface area contributed by atoms with E-state index in [-0.39, 0.29) is 11.7 Å². The fourth-order valence-electron chi connectivity index (χ4n) is 5.52. The SMILES string of the molecule is CC(C)(C(=O)NC1C2CC3CC(C2)CC1C3)c1cccc(O)c1. The molecule has 4 bridgehead atoms. The molecule has 23 heavy (non-hydrogen) atoms. The number of nitrogens with one attached hydrogen (secondary N) is 1. The van der Waals surface area contributed by atoms with Crippen molar-refractivity contribution in [2.24, 2.45) is 23.7 Å². The van der Waals surface area contributed by atoms with Gasteiger partial charge in [0.05, 0.1) is 5.41 Å². The quantitative estimate of drug-likeness (QED) is 0.895. The molecule has 1 amide bonds. The number of rotatable bonds is 3. The van der Waals surface area contributed by atoms with E-state index in [4.69, 9.17) is 0 Å². The average Bonchev–Trinajstić information content (AvgIpc) is 2.50. The Balaban J connectivity index is 1.51. The number of hydrogen-bond acceptors (Lipinski definition) is 2. The van der Waals surface area contributed by atoms with E-state index in [1.165, 1.54) is 32.1 Å². The predicted molar refractivity (Wildman–Crippen MR) is 90.1 cm³/mol. The predicted octanol–water partition coefficient (Wildman–Crippen LogP) is 3.61. The second-order valence-corrected chi connectivity index (χ2v) is 8.61. The molecule has 0 aliphatic heterocycles. The van der Waals surface area contributed by atoms with Crippen LogP contribution in [-0.2, 0) is 10.2 Å². The molecule has 4 fully saturated rings. The van der Waals surface area contributed by atoms with Crippen LogP contribution in [0.5, 0.6) is 5.75 Å². The third-order valence-electron chi connectivity index (χ3n) is 6.66. The monoisotopic (exact) mass is 313 g/mol. The van der Waals surface area contributed by atoms with Crippen molar-refractivity contribution in [3.05, 3.63) is 29.8 Å². The van der Waals surface area contributed by atoms with Gasteiger partial charge in [-0.15, -0.1) is 0 Å². The van der Waals surface area contributed by atoms with Gasteiger partial charge in [0.2, 0.25) is 5.91 Å². The number of aromatic hydroxyl groups is 1. The lowest BCUT2D eigenvalue weighted by atomic mass is 9.54. The first-order chi connectivity index (χ1) is 10.9. The van der Waals surface area contributed by atoms with Crippen LogP contribution >= 0.6 is 0 Å². The molecule has 124 valence electrons. The maximum absolute atomic E-state index is 13.0. The first kappa shape index (κ1) is 15.0. The number of carbonyl (C=O) groups is 1. The third-order valence-corrected chi connectivity index (χ3v) is 6.66. The number of benzene rings is 1. The fraction of sp³-hybridized carbons (Fsp3) is 0.650. The van der Waals surface area contributed by atoms with Crippen LogP contribution in [0.1, 0.15) is 51.5 Å². The summed E-state index contributed by atoms with van der Waals surface area (Å²) in [5.74, 6) is 3.54. The van der Waals surface area contributed by atoms with E-state index in [2.05, 4.69) is 5.32 Å². The number of carbonyl (C=O) groups excluding carboxylic acids is 1. The zero-order chi connectivity index (χ0) is 16.2. The van der Waals surface area contributed by atoms with Crippen LogP contribution in [0.2, 0.25) is 0 Å². The molecular weight excluding hydrogens is 286 g/mol. The summed E-state index contributed by atoms with van der Waals surface area (Å²) in [6, 6.07) is 7.46. The Hall–Kier alpha value is -1.51. The van der Waals surface area contributed by atoms with Crippen LogP contribution in [0, 0.1) is 23.7 Å². The topological polar surface area (TPSA) is 49.3 Å². The van der Waals surface area contributed by atoms with Crippen LogP contribution in [-0.4, -0.2) is 17.1 Å². The largest absolute Gasteiger partial charge is 0.508 e. The van der Waals surface area contributed by atoms with E-state index < -0.39 is 5.41 Å². The number of phenolic OH excluding ortho intramolecular Hbond substituents is 1. The lowest BCUT2D eigenvalue weighted by Crippen LogP contribution is -2.58. The number of phenols is 1. The van der Waals surface area contributed by atoms with Crippen molar-refractivity contribution in [3.63, 3.8) is 0 Å². The van der Waals surface area contributed by atoms with E-state index in [1.54, 1.807) is 12.1 Å². The Bertz CT molecular complexity index is 594. The molecule has 0 aromatic heterocycles. The highest BCUT2D eigenvalue weighted by Gasteiger charge is 2.49. The van der Waals surface area contributed by atoms with Gasteiger partial charge in [0.25, 0.3) is 0 Å². The summed E-state index contributed by atoms with van der Waals surface area (Å²) in [6.45, 7) is 3.90. The Labute approximate surface area is 138 Å². The van der Waals surface area contributed by atoms with Crippen molar-refractivity contribution in [1.82, 2.24) is 5.32 Å². The van der Waals surface area contributed by atoms with E-state index in [0.29, 0.717) is 17.9 Å². The van der Waals surface area contributed by atoms with Gasteiger partial charge >= 0.3 is 0 Å². The van der Waals surface area contributed by atoms with E-state index in [1.807, 2.05) is 26.0 Å². The highest BCUT2D eigenvalue weighted by molar-refractivity contribution is 5.87. The normalized spacial score (nSPS) is 35.3. The highest BCUT2D eigenvalue weighted by Crippen LogP contribution is 2.53. The van der Waals surface area contributed by atoms with Crippen molar-refractivity contribution < 1.29 is 9.90 Å². The lowest BCUT2D eigenvalue weighted by molar-refractivity contribution is -0.129. The van der Waals surface area contributed by atoms with Gasteiger partial charge in [-0.2, -0.15) is 0 Å². The minimum atomic E-state index is -0.618. The minimum Gasteiger partial charge on any atom is -0.508 e. The molecule has 1 aromatic carbocycles. The summed E-state index contributed by atoms with van der Waals surface area (Å²) >= 11 is 0. The second kappa shape index (κ2) is 5.25. The lowest BCUT2D eigenvalue weighted by Gasteiger charge is -2.54. The Kier molecular flexibility index (Phi) is 3.44. The molecule has 3 nitrogen and oxygen atoms in total. The Morgan fingerprint density at radius 1 is 1.09 bits per heavy atom.